The van der Waals surface area contributed by atoms with Gasteiger partial charge < -0.3 is 24.8 Å². The van der Waals surface area contributed by atoms with Gasteiger partial charge in [-0.25, -0.2) is 9.59 Å². The van der Waals surface area contributed by atoms with E-state index >= 15 is 0 Å². The third kappa shape index (κ3) is 4.10. The van der Waals surface area contributed by atoms with Crippen LogP contribution in [0.5, 0.6) is 5.75 Å². The standard InChI is InChI=1S/C17H24N2O5/c1-11(12-6-8-19(9-7-12)17(21)22)18-14-10-13(16(20)24-3)4-5-15(14)23-2/h4-5,10-12,18H,6-9H2,1-3H3,(H,21,22)/t11-/m0/s1. The Morgan fingerprint density at radius 1 is 1.29 bits per heavy atom. The minimum atomic E-state index is -0.860. The quantitative estimate of drug-likeness (QED) is 0.804. The summed E-state index contributed by atoms with van der Waals surface area (Å²) in [5, 5.41) is 12.4. The molecule has 1 heterocycles. The number of methoxy groups -OCH3 is 2. The van der Waals surface area contributed by atoms with Crippen LogP contribution in [0, 0.1) is 5.92 Å². The molecule has 0 radical (unpaired) electrons. The molecule has 0 spiro atoms. The number of piperidine rings is 1. The van der Waals surface area contributed by atoms with Gasteiger partial charge in [0.15, 0.2) is 0 Å². The van der Waals surface area contributed by atoms with Gasteiger partial charge in [0.1, 0.15) is 5.75 Å². The molecule has 1 amide bonds. The third-order valence-corrected chi connectivity index (χ3v) is 4.52. The first-order chi connectivity index (χ1) is 11.5. The summed E-state index contributed by atoms with van der Waals surface area (Å²) in [6.07, 6.45) is 0.750. The average molecular weight is 336 g/mol. The molecule has 0 bridgehead atoms. The lowest BCUT2D eigenvalue weighted by molar-refractivity contribution is 0.0600. The van der Waals surface area contributed by atoms with Crippen LogP contribution in [0.3, 0.4) is 0 Å². The molecule has 0 unspecified atom stereocenters. The zero-order valence-electron chi connectivity index (χ0n) is 14.2. The maximum absolute atomic E-state index is 11.7. The van der Waals surface area contributed by atoms with Crippen LogP contribution in [-0.2, 0) is 4.74 Å². The summed E-state index contributed by atoms with van der Waals surface area (Å²) in [6.45, 7) is 3.15. The molecule has 1 atom stereocenters. The Balaban J connectivity index is 2.06. The summed E-state index contributed by atoms with van der Waals surface area (Å²) in [6, 6.07) is 5.23. The Hall–Kier alpha value is -2.44. The highest BCUT2D eigenvalue weighted by molar-refractivity contribution is 5.91. The molecule has 2 N–H and O–H groups in total. The SMILES string of the molecule is COC(=O)c1ccc(OC)c(N[C@@H](C)C2CCN(C(=O)O)CC2)c1. The molecule has 0 aromatic heterocycles. The van der Waals surface area contributed by atoms with Gasteiger partial charge in [0, 0.05) is 19.1 Å². The lowest BCUT2D eigenvalue weighted by atomic mass is 9.90. The van der Waals surface area contributed by atoms with E-state index in [2.05, 4.69) is 12.2 Å². The molecule has 1 aliphatic rings. The van der Waals surface area contributed by atoms with E-state index in [1.807, 2.05) is 0 Å². The van der Waals surface area contributed by atoms with Crippen LogP contribution in [0.4, 0.5) is 10.5 Å². The first-order valence-corrected chi connectivity index (χ1v) is 7.97. The van der Waals surface area contributed by atoms with Crippen LogP contribution < -0.4 is 10.1 Å². The highest BCUT2D eigenvalue weighted by atomic mass is 16.5. The van der Waals surface area contributed by atoms with Crippen molar-refractivity contribution in [1.29, 1.82) is 0 Å². The molecule has 1 fully saturated rings. The van der Waals surface area contributed by atoms with Crippen LogP contribution >= 0.6 is 0 Å². The van der Waals surface area contributed by atoms with Gasteiger partial charge in [-0.15, -0.1) is 0 Å². The Kier molecular flexibility index (Phi) is 5.89. The number of carbonyl (C=O) groups excluding carboxylic acids is 1. The number of rotatable bonds is 5. The number of ether oxygens (including phenoxy) is 2. The van der Waals surface area contributed by atoms with Gasteiger partial charge >= 0.3 is 12.1 Å². The van der Waals surface area contributed by atoms with Crippen molar-refractivity contribution in [2.45, 2.75) is 25.8 Å². The second kappa shape index (κ2) is 7.90. The number of benzene rings is 1. The average Bonchev–Trinajstić information content (AvgIpc) is 2.60. The van der Waals surface area contributed by atoms with Crippen molar-refractivity contribution in [3.05, 3.63) is 23.8 Å². The van der Waals surface area contributed by atoms with Crippen molar-refractivity contribution in [3.8, 4) is 5.75 Å². The molecule has 7 nitrogen and oxygen atoms in total. The van der Waals surface area contributed by atoms with Gasteiger partial charge in [-0.1, -0.05) is 0 Å². The van der Waals surface area contributed by atoms with Crippen molar-refractivity contribution < 1.29 is 24.2 Å². The molecule has 0 saturated carbocycles. The van der Waals surface area contributed by atoms with E-state index in [0.717, 1.165) is 18.5 Å². The molecule has 24 heavy (non-hydrogen) atoms. The van der Waals surface area contributed by atoms with Crippen LogP contribution in [0.1, 0.15) is 30.1 Å². The van der Waals surface area contributed by atoms with E-state index in [1.54, 1.807) is 25.3 Å². The number of likely N-dealkylation sites (tertiary alicyclic amines) is 1. The fraction of sp³-hybridized carbons (Fsp3) is 0.529. The van der Waals surface area contributed by atoms with Crippen LogP contribution in [0.25, 0.3) is 0 Å². The van der Waals surface area contributed by atoms with E-state index in [0.29, 0.717) is 30.3 Å². The lowest BCUT2D eigenvalue weighted by Gasteiger charge is -2.34. The number of hydrogen-bond donors (Lipinski definition) is 2. The van der Waals surface area contributed by atoms with E-state index in [4.69, 9.17) is 14.6 Å². The van der Waals surface area contributed by atoms with Crippen molar-refractivity contribution in [2.75, 3.05) is 32.6 Å². The monoisotopic (exact) mass is 336 g/mol. The van der Waals surface area contributed by atoms with Gasteiger partial charge in [-0.3, -0.25) is 0 Å². The van der Waals surface area contributed by atoms with Crippen molar-refractivity contribution in [3.63, 3.8) is 0 Å². The summed E-state index contributed by atoms with van der Waals surface area (Å²) >= 11 is 0. The number of hydrogen-bond acceptors (Lipinski definition) is 5. The minimum absolute atomic E-state index is 0.128. The van der Waals surface area contributed by atoms with Gasteiger partial charge in [-0.05, 0) is 43.9 Å². The zero-order valence-corrected chi connectivity index (χ0v) is 14.2. The third-order valence-electron chi connectivity index (χ3n) is 4.52. The zero-order chi connectivity index (χ0) is 17.7. The first-order valence-electron chi connectivity index (χ1n) is 7.97. The minimum Gasteiger partial charge on any atom is -0.495 e. The predicted molar refractivity (Wildman–Crippen MR) is 89.7 cm³/mol. The maximum Gasteiger partial charge on any atom is 0.407 e. The van der Waals surface area contributed by atoms with Gasteiger partial charge in [-0.2, -0.15) is 0 Å². The van der Waals surface area contributed by atoms with E-state index < -0.39 is 12.1 Å². The number of nitrogens with zero attached hydrogens (tertiary/aromatic N) is 1. The second-order valence-electron chi connectivity index (χ2n) is 5.95. The number of nitrogens with one attached hydrogen (secondary N) is 1. The number of carbonyl (C=O) groups is 2. The molecule has 1 saturated heterocycles. The highest BCUT2D eigenvalue weighted by Crippen LogP contribution is 2.29. The first kappa shape index (κ1) is 17.9. The van der Waals surface area contributed by atoms with Crippen molar-refractivity contribution in [1.82, 2.24) is 4.90 Å². The van der Waals surface area contributed by atoms with E-state index in [1.165, 1.54) is 12.0 Å². The largest absolute Gasteiger partial charge is 0.495 e. The molecule has 132 valence electrons. The fourth-order valence-electron chi connectivity index (χ4n) is 3.02. The fourth-order valence-corrected chi connectivity index (χ4v) is 3.02. The smallest absolute Gasteiger partial charge is 0.407 e. The maximum atomic E-state index is 11.7. The van der Waals surface area contributed by atoms with Gasteiger partial charge in [0.2, 0.25) is 0 Å². The van der Waals surface area contributed by atoms with Crippen molar-refractivity contribution >= 4 is 17.7 Å². The molecule has 1 aromatic carbocycles. The Labute approximate surface area is 141 Å². The van der Waals surface area contributed by atoms with Crippen LogP contribution in [0.2, 0.25) is 0 Å². The topological polar surface area (TPSA) is 88.1 Å². The van der Waals surface area contributed by atoms with Gasteiger partial charge in [0.05, 0.1) is 25.5 Å². The van der Waals surface area contributed by atoms with E-state index in [9.17, 15) is 9.59 Å². The number of anilines is 1. The molecule has 7 heteroatoms. The summed E-state index contributed by atoms with van der Waals surface area (Å²) in [7, 11) is 2.92. The van der Waals surface area contributed by atoms with Crippen molar-refractivity contribution in [2.24, 2.45) is 5.92 Å². The Morgan fingerprint density at radius 2 is 1.96 bits per heavy atom. The van der Waals surface area contributed by atoms with E-state index in [-0.39, 0.29) is 6.04 Å². The lowest BCUT2D eigenvalue weighted by Crippen LogP contribution is -2.41. The molecular weight excluding hydrogens is 312 g/mol. The number of esters is 1. The molecule has 1 aliphatic heterocycles. The highest BCUT2D eigenvalue weighted by Gasteiger charge is 2.26. The van der Waals surface area contributed by atoms with Crippen LogP contribution in [0.15, 0.2) is 18.2 Å². The number of amides is 1. The molecule has 0 aliphatic carbocycles. The number of carboxylic acid groups (broad SMARTS) is 1. The Bertz CT molecular complexity index is 597. The normalized spacial score (nSPS) is 16.4. The summed E-state index contributed by atoms with van der Waals surface area (Å²) in [4.78, 5) is 24.1. The van der Waals surface area contributed by atoms with Crippen LogP contribution in [-0.4, -0.2) is 55.4 Å². The predicted octanol–water partition coefficient (Wildman–Crippen LogP) is 2.67. The summed E-state index contributed by atoms with van der Waals surface area (Å²) in [5.74, 6) is 0.604. The second-order valence-corrected chi connectivity index (χ2v) is 5.95. The molecule has 2 rings (SSSR count). The van der Waals surface area contributed by atoms with Gasteiger partial charge in [0.25, 0.3) is 0 Å². The summed E-state index contributed by atoms with van der Waals surface area (Å²) in [5.41, 5.74) is 1.18. The summed E-state index contributed by atoms with van der Waals surface area (Å²) < 4.78 is 10.1. The molecule has 1 aromatic rings. The Morgan fingerprint density at radius 3 is 2.50 bits per heavy atom. The molecular formula is C17H24N2O5.